The molecule has 0 unspecified atom stereocenters. The van der Waals surface area contributed by atoms with E-state index in [1.54, 1.807) is 0 Å². The summed E-state index contributed by atoms with van der Waals surface area (Å²) in [4.78, 5) is 10.8. The molecule has 0 aliphatic rings. The molecule has 0 radical (unpaired) electrons. The van der Waals surface area contributed by atoms with E-state index >= 15 is 0 Å². The molecule has 0 atom stereocenters. The summed E-state index contributed by atoms with van der Waals surface area (Å²) in [6, 6.07) is 11.0. The van der Waals surface area contributed by atoms with E-state index in [4.69, 9.17) is 10.5 Å². The minimum absolute atomic E-state index is 0.00357. The van der Waals surface area contributed by atoms with Gasteiger partial charge in [0, 0.05) is 12.1 Å². The van der Waals surface area contributed by atoms with Crippen molar-refractivity contribution in [2.45, 2.75) is 6.61 Å². The molecule has 3 nitrogen and oxygen atoms in total. The van der Waals surface area contributed by atoms with E-state index in [9.17, 15) is 13.6 Å². The van der Waals surface area contributed by atoms with Crippen LogP contribution in [0.4, 0.5) is 8.78 Å². The van der Waals surface area contributed by atoms with Crippen molar-refractivity contribution in [2.24, 2.45) is 5.73 Å². The number of carbonyl (C=O) groups excluding carboxylic acids is 1. The maximum absolute atomic E-state index is 13.5. The largest absolute Gasteiger partial charge is 0.489 e. The van der Waals surface area contributed by atoms with Crippen molar-refractivity contribution in [3.05, 3.63) is 65.2 Å². The fourth-order valence-corrected chi connectivity index (χ4v) is 1.61. The molecule has 1 amide bonds. The molecule has 5 heteroatoms. The van der Waals surface area contributed by atoms with Crippen LogP contribution in [0.5, 0.6) is 5.75 Å². The average Bonchev–Trinajstić information content (AvgIpc) is 2.36. The monoisotopic (exact) mass is 263 g/mol. The molecule has 2 N–H and O–H groups in total. The summed E-state index contributed by atoms with van der Waals surface area (Å²) in [7, 11) is 0. The minimum Gasteiger partial charge on any atom is -0.489 e. The second-order valence-electron chi connectivity index (χ2n) is 3.90. The van der Waals surface area contributed by atoms with Crippen molar-refractivity contribution >= 4 is 5.91 Å². The maximum atomic E-state index is 13.5. The van der Waals surface area contributed by atoms with Crippen LogP contribution >= 0.6 is 0 Å². The Morgan fingerprint density at radius 1 is 1.11 bits per heavy atom. The lowest BCUT2D eigenvalue weighted by Gasteiger charge is -2.08. The number of hydrogen-bond acceptors (Lipinski definition) is 2. The second-order valence-corrected chi connectivity index (χ2v) is 3.90. The van der Waals surface area contributed by atoms with Crippen LogP contribution in [0.15, 0.2) is 42.5 Å². The molecule has 2 aromatic rings. The zero-order valence-electron chi connectivity index (χ0n) is 9.90. The van der Waals surface area contributed by atoms with Crippen LogP contribution in [0.2, 0.25) is 0 Å². The van der Waals surface area contributed by atoms with Gasteiger partial charge in [-0.3, -0.25) is 4.79 Å². The Morgan fingerprint density at radius 3 is 2.21 bits per heavy atom. The molecular formula is C14H11F2NO2. The van der Waals surface area contributed by atoms with E-state index in [2.05, 4.69) is 0 Å². The Balaban J connectivity index is 2.16. The Labute approximate surface area is 108 Å². The second kappa shape index (κ2) is 5.48. The van der Waals surface area contributed by atoms with Crippen LogP contribution in [-0.4, -0.2) is 5.91 Å². The first-order valence-electron chi connectivity index (χ1n) is 5.53. The van der Waals surface area contributed by atoms with E-state index in [0.717, 1.165) is 17.7 Å². The summed E-state index contributed by atoms with van der Waals surface area (Å²) < 4.78 is 32.2. The molecule has 0 aliphatic carbocycles. The van der Waals surface area contributed by atoms with Gasteiger partial charge < -0.3 is 10.5 Å². The van der Waals surface area contributed by atoms with Gasteiger partial charge in [-0.15, -0.1) is 0 Å². The van der Waals surface area contributed by atoms with Gasteiger partial charge in [0.05, 0.1) is 0 Å². The Kier molecular flexibility index (Phi) is 3.75. The van der Waals surface area contributed by atoms with Gasteiger partial charge in [-0.1, -0.05) is 30.3 Å². The van der Waals surface area contributed by atoms with Crippen molar-refractivity contribution in [1.29, 1.82) is 0 Å². The highest BCUT2D eigenvalue weighted by atomic mass is 19.1. The van der Waals surface area contributed by atoms with Crippen LogP contribution < -0.4 is 10.5 Å². The lowest BCUT2D eigenvalue weighted by atomic mass is 10.2. The van der Waals surface area contributed by atoms with Crippen molar-refractivity contribution in [3.8, 4) is 5.75 Å². The summed E-state index contributed by atoms with van der Waals surface area (Å²) in [5.41, 5.74) is 4.98. The Hall–Kier alpha value is -2.43. The molecule has 0 fully saturated rings. The van der Waals surface area contributed by atoms with Gasteiger partial charge in [0.25, 0.3) is 5.91 Å². The van der Waals surface area contributed by atoms with Crippen molar-refractivity contribution in [3.63, 3.8) is 0 Å². The fraction of sp³-hybridized carbons (Fsp3) is 0.0714. The van der Waals surface area contributed by atoms with Crippen LogP contribution in [0.3, 0.4) is 0 Å². The highest BCUT2D eigenvalue weighted by Crippen LogP contribution is 2.21. The summed E-state index contributed by atoms with van der Waals surface area (Å²) in [6.07, 6.45) is 0. The summed E-state index contributed by atoms with van der Waals surface area (Å²) in [6.45, 7) is 0.176. The van der Waals surface area contributed by atoms with Gasteiger partial charge >= 0.3 is 0 Å². The first-order valence-corrected chi connectivity index (χ1v) is 5.53. The lowest BCUT2D eigenvalue weighted by Crippen LogP contribution is -2.15. The van der Waals surface area contributed by atoms with Crippen LogP contribution in [0.25, 0.3) is 0 Å². The van der Waals surface area contributed by atoms with Gasteiger partial charge in [0.1, 0.15) is 29.6 Å². The van der Waals surface area contributed by atoms with Gasteiger partial charge in [-0.05, 0) is 5.56 Å². The predicted molar refractivity (Wildman–Crippen MR) is 65.6 cm³/mol. The lowest BCUT2D eigenvalue weighted by molar-refractivity contribution is 0.0992. The Morgan fingerprint density at radius 2 is 1.68 bits per heavy atom. The molecular weight excluding hydrogens is 252 g/mol. The standard InChI is InChI=1S/C14H11F2NO2/c15-11-6-10(7-12(16)13(11)14(17)18)19-8-9-4-2-1-3-5-9/h1-7H,8H2,(H2,17,18). The normalized spacial score (nSPS) is 10.2. The molecule has 0 saturated carbocycles. The van der Waals surface area contributed by atoms with Crippen LogP contribution in [0.1, 0.15) is 15.9 Å². The number of amides is 1. The van der Waals surface area contributed by atoms with Crippen molar-refractivity contribution in [1.82, 2.24) is 0 Å². The van der Waals surface area contributed by atoms with Crippen LogP contribution in [0, 0.1) is 11.6 Å². The molecule has 2 aromatic carbocycles. The van der Waals surface area contributed by atoms with E-state index < -0.39 is 23.1 Å². The molecule has 0 spiro atoms. The van der Waals surface area contributed by atoms with Crippen molar-refractivity contribution in [2.75, 3.05) is 0 Å². The highest BCUT2D eigenvalue weighted by molar-refractivity contribution is 5.93. The third-order valence-electron chi connectivity index (χ3n) is 2.51. The Bertz CT molecular complexity index is 577. The number of rotatable bonds is 4. The number of benzene rings is 2. The molecule has 0 saturated heterocycles. The fourth-order valence-electron chi connectivity index (χ4n) is 1.61. The molecule has 0 aliphatic heterocycles. The third kappa shape index (κ3) is 3.07. The molecule has 0 heterocycles. The topological polar surface area (TPSA) is 52.3 Å². The van der Waals surface area contributed by atoms with Crippen molar-refractivity contribution < 1.29 is 18.3 Å². The first kappa shape index (κ1) is 13.0. The van der Waals surface area contributed by atoms with Gasteiger partial charge in [-0.25, -0.2) is 8.78 Å². The number of ether oxygens (including phenoxy) is 1. The molecule has 98 valence electrons. The number of nitrogens with two attached hydrogens (primary N) is 1. The molecule has 0 aromatic heterocycles. The first-order chi connectivity index (χ1) is 9.08. The van der Waals surface area contributed by atoms with Crippen LogP contribution in [-0.2, 0) is 6.61 Å². The number of hydrogen-bond donors (Lipinski definition) is 1. The average molecular weight is 263 g/mol. The van der Waals surface area contributed by atoms with E-state index in [1.807, 2.05) is 30.3 Å². The smallest absolute Gasteiger partial charge is 0.254 e. The zero-order chi connectivity index (χ0) is 13.8. The number of halogens is 2. The van der Waals surface area contributed by atoms with E-state index in [-0.39, 0.29) is 12.4 Å². The SMILES string of the molecule is NC(=O)c1c(F)cc(OCc2ccccc2)cc1F. The number of primary amides is 1. The van der Waals surface area contributed by atoms with Gasteiger partial charge in [-0.2, -0.15) is 0 Å². The zero-order valence-corrected chi connectivity index (χ0v) is 9.90. The highest BCUT2D eigenvalue weighted by Gasteiger charge is 2.16. The third-order valence-corrected chi connectivity index (χ3v) is 2.51. The maximum Gasteiger partial charge on any atom is 0.254 e. The molecule has 19 heavy (non-hydrogen) atoms. The molecule has 2 rings (SSSR count). The quantitative estimate of drug-likeness (QED) is 0.921. The van der Waals surface area contributed by atoms with Gasteiger partial charge in [0.2, 0.25) is 0 Å². The summed E-state index contributed by atoms with van der Waals surface area (Å²) >= 11 is 0. The summed E-state index contributed by atoms with van der Waals surface area (Å²) in [5, 5.41) is 0. The predicted octanol–water partition coefficient (Wildman–Crippen LogP) is 2.64. The minimum atomic E-state index is -1.15. The number of carbonyl (C=O) groups is 1. The summed E-state index contributed by atoms with van der Waals surface area (Å²) in [5.74, 6) is -3.21. The molecule has 0 bridgehead atoms. The van der Waals surface area contributed by atoms with Gasteiger partial charge in [0.15, 0.2) is 0 Å². The van der Waals surface area contributed by atoms with E-state index in [0.29, 0.717) is 0 Å². The van der Waals surface area contributed by atoms with E-state index in [1.165, 1.54) is 0 Å².